The number of carboxylic acid groups (broad SMARTS) is 1. The normalized spacial score (nSPS) is 11.6. The van der Waals surface area contributed by atoms with E-state index in [1.807, 2.05) is 6.07 Å². The summed E-state index contributed by atoms with van der Waals surface area (Å²) in [4.78, 5) is 21.6. The third kappa shape index (κ3) is 3.97. The summed E-state index contributed by atoms with van der Waals surface area (Å²) in [5, 5.41) is 13.4. The fourth-order valence-corrected chi connectivity index (χ4v) is 0.987. The van der Waals surface area contributed by atoms with Crippen LogP contribution in [0.5, 0.6) is 0 Å². The largest absolute Gasteiger partial charge is 0.480 e. The molecule has 6 nitrogen and oxygen atoms in total. The summed E-state index contributed by atoms with van der Waals surface area (Å²) in [7, 11) is 0. The molecule has 86 valence electrons. The Morgan fingerprint density at radius 3 is 2.50 bits per heavy atom. The molecule has 1 atom stereocenters. The fraction of sp³-hybridized carbons (Fsp3) is 0.200. The lowest BCUT2D eigenvalue weighted by atomic mass is 10.3. The van der Waals surface area contributed by atoms with Crippen molar-refractivity contribution in [3.63, 3.8) is 0 Å². The lowest BCUT2D eigenvalue weighted by molar-refractivity contribution is -0.138. The number of benzene rings is 1. The van der Waals surface area contributed by atoms with Crippen LogP contribution < -0.4 is 16.4 Å². The van der Waals surface area contributed by atoms with Crippen molar-refractivity contribution in [2.24, 2.45) is 5.73 Å². The number of anilines is 1. The van der Waals surface area contributed by atoms with Crippen LogP contribution in [0.25, 0.3) is 0 Å². The number of rotatable bonds is 4. The molecule has 1 aromatic carbocycles. The molecule has 0 heterocycles. The highest BCUT2D eigenvalue weighted by atomic mass is 16.4. The maximum atomic E-state index is 11.3. The lowest BCUT2D eigenvalue weighted by Gasteiger charge is -2.09. The van der Waals surface area contributed by atoms with Gasteiger partial charge in [-0.1, -0.05) is 18.2 Å². The zero-order chi connectivity index (χ0) is 12.0. The summed E-state index contributed by atoms with van der Waals surface area (Å²) in [5.74, 6) is -1.15. The monoisotopic (exact) mass is 223 g/mol. The molecule has 0 saturated carbocycles. The van der Waals surface area contributed by atoms with Crippen LogP contribution >= 0.6 is 0 Å². The van der Waals surface area contributed by atoms with Crippen molar-refractivity contribution in [2.45, 2.75) is 6.04 Å². The average Bonchev–Trinajstić information content (AvgIpc) is 2.27. The van der Waals surface area contributed by atoms with Gasteiger partial charge in [0.2, 0.25) is 0 Å². The summed E-state index contributed by atoms with van der Waals surface area (Å²) in [5.41, 5.74) is 5.84. The molecule has 16 heavy (non-hydrogen) atoms. The highest BCUT2D eigenvalue weighted by Crippen LogP contribution is 2.03. The minimum atomic E-state index is -1.15. The van der Waals surface area contributed by atoms with Gasteiger partial charge in [-0.15, -0.1) is 0 Å². The Morgan fingerprint density at radius 2 is 1.94 bits per heavy atom. The number of nitrogens with two attached hydrogens (primary N) is 1. The smallest absolute Gasteiger partial charge is 0.322 e. The van der Waals surface area contributed by atoms with E-state index in [9.17, 15) is 9.59 Å². The molecule has 0 bridgehead atoms. The Hall–Kier alpha value is -2.08. The standard InChI is InChI=1S/C10H13N3O3/c11-8(9(14)15)6-12-10(16)13-7-4-2-1-3-5-7/h1-5,8H,6,11H2,(H,14,15)(H2,12,13,16). The van der Waals surface area contributed by atoms with E-state index < -0.39 is 18.0 Å². The maximum absolute atomic E-state index is 11.3. The molecule has 1 aromatic rings. The molecule has 0 aliphatic heterocycles. The van der Waals surface area contributed by atoms with E-state index in [0.29, 0.717) is 5.69 Å². The third-order valence-corrected chi connectivity index (χ3v) is 1.83. The molecule has 1 rings (SSSR count). The maximum Gasteiger partial charge on any atom is 0.322 e. The number of carboxylic acids is 1. The second-order valence-corrected chi connectivity index (χ2v) is 3.15. The molecule has 5 N–H and O–H groups in total. The number of hydrogen-bond acceptors (Lipinski definition) is 3. The lowest BCUT2D eigenvalue weighted by Crippen LogP contribution is -2.43. The molecule has 0 fully saturated rings. The summed E-state index contributed by atoms with van der Waals surface area (Å²) >= 11 is 0. The van der Waals surface area contributed by atoms with Crippen molar-refractivity contribution in [3.8, 4) is 0 Å². The number of nitrogens with one attached hydrogen (secondary N) is 2. The molecular weight excluding hydrogens is 210 g/mol. The number of carbonyl (C=O) groups excluding carboxylic acids is 1. The predicted octanol–water partition coefficient (Wildman–Crippen LogP) is 0.220. The molecule has 0 aliphatic rings. The number of hydrogen-bond donors (Lipinski definition) is 4. The van der Waals surface area contributed by atoms with Crippen LogP contribution in [0.15, 0.2) is 30.3 Å². The molecule has 0 aromatic heterocycles. The SMILES string of the molecule is NC(CNC(=O)Nc1ccccc1)C(=O)O. The van der Waals surface area contributed by atoms with Crippen molar-refractivity contribution in [3.05, 3.63) is 30.3 Å². The zero-order valence-electron chi connectivity index (χ0n) is 8.51. The van der Waals surface area contributed by atoms with Crippen molar-refractivity contribution < 1.29 is 14.7 Å². The van der Waals surface area contributed by atoms with Gasteiger partial charge in [-0.25, -0.2) is 4.79 Å². The summed E-state index contributed by atoms with van der Waals surface area (Å²) in [6.45, 7) is -0.117. The van der Waals surface area contributed by atoms with Gasteiger partial charge < -0.3 is 21.5 Å². The van der Waals surface area contributed by atoms with E-state index in [0.717, 1.165) is 0 Å². The first-order valence-electron chi connectivity index (χ1n) is 4.68. The number of para-hydroxylation sites is 1. The Morgan fingerprint density at radius 1 is 1.31 bits per heavy atom. The molecule has 0 saturated heterocycles. The highest BCUT2D eigenvalue weighted by Gasteiger charge is 2.12. The van der Waals surface area contributed by atoms with E-state index in [1.165, 1.54) is 0 Å². The van der Waals surface area contributed by atoms with Gasteiger partial charge in [0, 0.05) is 12.2 Å². The van der Waals surface area contributed by atoms with Gasteiger partial charge in [0.15, 0.2) is 0 Å². The fourth-order valence-electron chi connectivity index (χ4n) is 0.987. The summed E-state index contributed by atoms with van der Waals surface area (Å²) < 4.78 is 0. The van der Waals surface area contributed by atoms with Gasteiger partial charge in [0.05, 0.1) is 0 Å². The number of urea groups is 1. The van der Waals surface area contributed by atoms with E-state index >= 15 is 0 Å². The van der Waals surface area contributed by atoms with Crippen molar-refractivity contribution in [2.75, 3.05) is 11.9 Å². The summed E-state index contributed by atoms with van der Waals surface area (Å²) in [6.07, 6.45) is 0. The summed E-state index contributed by atoms with van der Waals surface area (Å²) in [6, 6.07) is 7.23. The molecular formula is C10H13N3O3. The highest BCUT2D eigenvalue weighted by molar-refractivity contribution is 5.89. The minimum absolute atomic E-state index is 0.117. The van der Waals surface area contributed by atoms with Crippen molar-refractivity contribution in [1.82, 2.24) is 5.32 Å². The average molecular weight is 223 g/mol. The van der Waals surface area contributed by atoms with Gasteiger partial charge >= 0.3 is 12.0 Å². The number of amides is 2. The Balaban J connectivity index is 2.35. The Kier molecular flexibility index (Phi) is 4.28. The van der Waals surface area contributed by atoms with Crippen LogP contribution in [0, 0.1) is 0 Å². The zero-order valence-corrected chi connectivity index (χ0v) is 8.51. The van der Waals surface area contributed by atoms with Crippen LogP contribution in [0.2, 0.25) is 0 Å². The Bertz CT molecular complexity index is 367. The van der Waals surface area contributed by atoms with Crippen LogP contribution in [-0.2, 0) is 4.79 Å². The van der Waals surface area contributed by atoms with E-state index in [-0.39, 0.29) is 6.54 Å². The first-order chi connectivity index (χ1) is 7.59. The van der Waals surface area contributed by atoms with Crippen LogP contribution in [-0.4, -0.2) is 29.7 Å². The Labute approximate surface area is 92.4 Å². The van der Waals surface area contributed by atoms with Gasteiger partial charge in [-0.3, -0.25) is 4.79 Å². The van der Waals surface area contributed by atoms with Crippen molar-refractivity contribution >= 4 is 17.7 Å². The van der Waals surface area contributed by atoms with Gasteiger partial charge in [-0.05, 0) is 12.1 Å². The first kappa shape index (κ1) is 12.0. The van der Waals surface area contributed by atoms with Gasteiger partial charge in [0.25, 0.3) is 0 Å². The van der Waals surface area contributed by atoms with Crippen LogP contribution in [0.4, 0.5) is 10.5 Å². The molecule has 0 radical (unpaired) electrons. The third-order valence-electron chi connectivity index (χ3n) is 1.83. The van der Waals surface area contributed by atoms with E-state index in [2.05, 4.69) is 10.6 Å². The molecule has 2 amide bonds. The predicted molar refractivity (Wildman–Crippen MR) is 59.1 cm³/mol. The molecule has 1 unspecified atom stereocenters. The topological polar surface area (TPSA) is 104 Å². The quantitative estimate of drug-likeness (QED) is 0.586. The second kappa shape index (κ2) is 5.72. The second-order valence-electron chi connectivity index (χ2n) is 3.15. The number of carbonyl (C=O) groups is 2. The molecule has 0 spiro atoms. The molecule has 6 heteroatoms. The van der Waals surface area contributed by atoms with Crippen LogP contribution in [0.3, 0.4) is 0 Å². The number of aliphatic carboxylic acids is 1. The van der Waals surface area contributed by atoms with Gasteiger partial charge in [0.1, 0.15) is 6.04 Å². The van der Waals surface area contributed by atoms with Crippen molar-refractivity contribution in [1.29, 1.82) is 0 Å². The van der Waals surface area contributed by atoms with E-state index in [1.54, 1.807) is 24.3 Å². The van der Waals surface area contributed by atoms with E-state index in [4.69, 9.17) is 10.8 Å². The first-order valence-corrected chi connectivity index (χ1v) is 4.68. The minimum Gasteiger partial charge on any atom is -0.480 e. The molecule has 0 aliphatic carbocycles. The van der Waals surface area contributed by atoms with Crippen LogP contribution in [0.1, 0.15) is 0 Å². The van der Waals surface area contributed by atoms with Gasteiger partial charge in [-0.2, -0.15) is 0 Å².